The fourth-order valence-electron chi connectivity index (χ4n) is 2.72. The number of nitrogens with zero attached hydrogens (tertiary/aromatic N) is 2. The molecule has 0 spiro atoms. The van der Waals surface area contributed by atoms with E-state index in [1.807, 2.05) is 24.3 Å². The average Bonchev–Trinajstić information content (AvgIpc) is 2.61. The Bertz CT molecular complexity index is 892. The van der Waals surface area contributed by atoms with Crippen molar-refractivity contribution < 1.29 is 9.47 Å². The minimum atomic E-state index is 0.464. The molecular weight excluding hydrogens is 328 g/mol. The van der Waals surface area contributed by atoms with Crippen LogP contribution in [-0.4, -0.2) is 24.2 Å². The molecule has 2 N–H and O–H groups in total. The maximum absolute atomic E-state index is 5.38. The van der Waals surface area contributed by atoms with Gasteiger partial charge in [0.05, 0.1) is 19.9 Å². The van der Waals surface area contributed by atoms with E-state index < -0.39 is 0 Å². The molecule has 0 aliphatic heterocycles. The van der Waals surface area contributed by atoms with Crippen LogP contribution in [0.2, 0.25) is 0 Å². The van der Waals surface area contributed by atoms with Gasteiger partial charge in [-0.1, -0.05) is 6.07 Å². The molecule has 3 aromatic rings. The number of nitrogens with one attached hydrogen (secondary N) is 2. The van der Waals surface area contributed by atoms with Crippen LogP contribution in [0, 0.1) is 13.8 Å². The quantitative estimate of drug-likeness (QED) is 0.677. The fourth-order valence-corrected chi connectivity index (χ4v) is 2.72. The Balaban J connectivity index is 1.83. The van der Waals surface area contributed by atoms with Gasteiger partial charge < -0.3 is 20.1 Å². The summed E-state index contributed by atoms with van der Waals surface area (Å²) in [5.41, 5.74) is 4.11. The Morgan fingerprint density at radius 1 is 0.846 bits per heavy atom. The molecule has 1 aromatic heterocycles. The molecule has 0 amide bonds. The average molecular weight is 350 g/mol. The van der Waals surface area contributed by atoms with Crippen molar-refractivity contribution in [3.8, 4) is 11.5 Å². The van der Waals surface area contributed by atoms with E-state index in [-0.39, 0.29) is 0 Å². The zero-order valence-corrected chi connectivity index (χ0v) is 15.3. The van der Waals surface area contributed by atoms with Gasteiger partial charge in [-0.3, -0.25) is 0 Å². The first-order valence-corrected chi connectivity index (χ1v) is 8.25. The van der Waals surface area contributed by atoms with Crippen LogP contribution in [0.25, 0.3) is 0 Å². The Labute approximate surface area is 153 Å². The van der Waals surface area contributed by atoms with Crippen LogP contribution in [-0.2, 0) is 0 Å². The van der Waals surface area contributed by atoms with Gasteiger partial charge in [0.15, 0.2) is 0 Å². The van der Waals surface area contributed by atoms with Crippen LogP contribution < -0.4 is 20.1 Å². The van der Waals surface area contributed by atoms with E-state index in [1.165, 1.54) is 11.1 Å². The molecule has 0 unspecified atom stereocenters. The predicted molar refractivity (Wildman–Crippen MR) is 104 cm³/mol. The summed E-state index contributed by atoms with van der Waals surface area (Å²) in [6.07, 6.45) is 1.70. The van der Waals surface area contributed by atoms with Gasteiger partial charge >= 0.3 is 0 Å². The summed E-state index contributed by atoms with van der Waals surface area (Å²) in [6, 6.07) is 13.6. The van der Waals surface area contributed by atoms with Crippen molar-refractivity contribution in [2.75, 3.05) is 24.9 Å². The third-order valence-corrected chi connectivity index (χ3v) is 3.80. The molecule has 1 heterocycles. The summed E-state index contributed by atoms with van der Waals surface area (Å²) in [5, 5.41) is 6.50. The second-order valence-electron chi connectivity index (χ2n) is 5.96. The van der Waals surface area contributed by atoms with E-state index in [1.54, 1.807) is 20.4 Å². The number of aryl methyl sites for hydroxylation is 2. The first-order valence-electron chi connectivity index (χ1n) is 8.25. The second kappa shape index (κ2) is 7.74. The SMILES string of the molecule is COc1ccc(OC)c(Nc2nccc(Nc3cc(C)cc(C)c3)n2)c1. The summed E-state index contributed by atoms with van der Waals surface area (Å²) in [5.74, 6) is 2.57. The third kappa shape index (κ3) is 4.22. The predicted octanol–water partition coefficient (Wildman–Crippen LogP) is 4.60. The standard InChI is InChI=1S/C20H22N4O2/c1-13-9-14(2)11-15(10-13)22-19-7-8-21-20(24-19)23-17-12-16(25-3)5-6-18(17)26-4/h5-12H,1-4H3,(H2,21,22,23,24). The smallest absolute Gasteiger partial charge is 0.229 e. The summed E-state index contributed by atoms with van der Waals surface area (Å²) in [7, 11) is 3.24. The monoisotopic (exact) mass is 350 g/mol. The van der Waals surface area contributed by atoms with Gasteiger partial charge in [0.1, 0.15) is 17.3 Å². The van der Waals surface area contributed by atoms with E-state index >= 15 is 0 Å². The molecular formula is C20H22N4O2. The fraction of sp³-hybridized carbons (Fsp3) is 0.200. The van der Waals surface area contributed by atoms with E-state index in [0.717, 1.165) is 17.1 Å². The molecule has 3 rings (SSSR count). The molecule has 26 heavy (non-hydrogen) atoms. The van der Waals surface area contributed by atoms with E-state index in [4.69, 9.17) is 9.47 Å². The Kier molecular flexibility index (Phi) is 5.22. The van der Waals surface area contributed by atoms with Crippen LogP contribution in [0.1, 0.15) is 11.1 Å². The molecule has 2 aromatic carbocycles. The number of rotatable bonds is 6. The zero-order chi connectivity index (χ0) is 18.5. The van der Waals surface area contributed by atoms with Crippen LogP contribution >= 0.6 is 0 Å². The Morgan fingerprint density at radius 3 is 2.31 bits per heavy atom. The molecule has 0 bridgehead atoms. The maximum Gasteiger partial charge on any atom is 0.229 e. The summed E-state index contributed by atoms with van der Waals surface area (Å²) in [6.45, 7) is 4.14. The highest BCUT2D eigenvalue weighted by Crippen LogP contribution is 2.31. The lowest BCUT2D eigenvalue weighted by Crippen LogP contribution is -2.02. The molecule has 0 saturated carbocycles. The second-order valence-corrected chi connectivity index (χ2v) is 5.96. The molecule has 0 fully saturated rings. The van der Waals surface area contributed by atoms with Crippen LogP contribution in [0.5, 0.6) is 11.5 Å². The van der Waals surface area contributed by atoms with Gasteiger partial charge in [-0.2, -0.15) is 4.98 Å². The summed E-state index contributed by atoms with van der Waals surface area (Å²) in [4.78, 5) is 8.81. The molecule has 134 valence electrons. The van der Waals surface area contributed by atoms with Gasteiger partial charge in [-0.05, 0) is 55.3 Å². The van der Waals surface area contributed by atoms with Crippen LogP contribution in [0.4, 0.5) is 23.1 Å². The van der Waals surface area contributed by atoms with Gasteiger partial charge in [0, 0.05) is 18.0 Å². The van der Waals surface area contributed by atoms with Crippen molar-refractivity contribution in [2.45, 2.75) is 13.8 Å². The van der Waals surface area contributed by atoms with E-state index in [9.17, 15) is 0 Å². The number of anilines is 4. The van der Waals surface area contributed by atoms with Gasteiger partial charge in [-0.15, -0.1) is 0 Å². The van der Waals surface area contributed by atoms with Crippen molar-refractivity contribution in [1.82, 2.24) is 9.97 Å². The Hall–Kier alpha value is -3.28. The molecule has 0 radical (unpaired) electrons. The third-order valence-electron chi connectivity index (χ3n) is 3.80. The van der Waals surface area contributed by atoms with Crippen LogP contribution in [0.15, 0.2) is 48.7 Å². The Morgan fingerprint density at radius 2 is 1.62 bits per heavy atom. The number of ether oxygens (including phenoxy) is 2. The van der Waals surface area contributed by atoms with Crippen LogP contribution in [0.3, 0.4) is 0 Å². The van der Waals surface area contributed by atoms with E-state index in [2.05, 4.69) is 52.6 Å². The van der Waals surface area contributed by atoms with Gasteiger partial charge in [0.25, 0.3) is 0 Å². The zero-order valence-electron chi connectivity index (χ0n) is 15.3. The van der Waals surface area contributed by atoms with Crippen molar-refractivity contribution in [1.29, 1.82) is 0 Å². The summed E-state index contributed by atoms with van der Waals surface area (Å²) < 4.78 is 10.6. The molecule has 0 aliphatic rings. The molecule has 6 nitrogen and oxygen atoms in total. The number of hydrogen-bond acceptors (Lipinski definition) is 6. The first kappa shape index (κ1) is 17.5. The van der Waals surface area contributed by atoms with Gasteiger partial charge in [0.2, 0.25) is 5.95 Å². The largest absolute Gasteiger partial charge is 0.497 e. The number of methoxy groups -OCH3 is 2. The lowest BCUT2D eigenvalue weighted by molar-refractivity contribution is 0.405. The van der Waals surface area contributed by atoms with Crippen molar-refractivity contribution in [2.24, 2.45) is 0 Å². The first-order chi connectivity index (χ1) is 12.6. The molecule has 6 heteroatoms. The number of benzene rings is 2. The number of aromatic nitrogens is 2. The minimum absolute atomic E-state index is 0.464. The van der Waals surface area contributed by atoms with Crippen molar-refractivity contribution >= 4 is 23.1 Å². The highest BCUT2D eigenvalue weighted by atomic mass is 16.5. The van der Waals surface area contributed by atoms with Gasteiger partial charge in [-0.25, -0.2) is 4.98 Å². The minimum Gasteiger partial charge on any atom is -0.497 e. The lowest BCUT2D eigenvalue weighted by atomic mass is 10.1. The van der Waals surface area contributed by atoms with Crippen molar-refractivity contribution in [3.63, 3.8) is 0 Å². The topological polar surface area (TPSA) is 68.3 Å². The summed E-state index contributed by atoms with van der Waals surface area (Å²) >= 11 is 0. The normalized spacial score (nSPS) is 10.3. The highest BCUT2D eigenvalue weighted by Gasteiger charge is 2.08. The maximum atomic E-state index is 5.38. The lowest BCUT2D eigenvalue weighted by Gasteiger charge is -2.13. The molecule has 0 atom stereocenters. The van der Waals surface area contributed by atoms with E-state index in [0.29, 0.717) is 17.5 Å². The molecule has 0 aliphatic carbocycles. The molecule has 0 saturated heterocycles. The van der Waals surface area contributed by atoms with Crippen molar-refractivity contribution in [3.05, 3.63) is 59.8 Å². The highest BCUT2D eigenvalue weighted by molar-refractivity contribution is 5.66. The number of hydrogen-bond donors (Lipinski definition) is 2.